The van der Waals surface area contributed by atoms with E-state index in [0.717, 1.165) is 38.5 Å². The highest BCUT2D eigenvalue weighted by Gasteiger charge is 2.36. The third-order valence-electron chi connectivity index (χ3n) is 6.31. The van der Waals surface area contributed by atoms with Crippen LogP contribution < -0.4 is 5.32 Å². The fourth-order valence-corrected chi connectivity index (χ4v) is 6.33. The molecule has 0 bridgehead atoms. The van der Waals surface area contributed by atoms with Crippen molar-refractivity contribution in [3.8, 4) is 0 Å². The first-order valence-corrected chi connectivity index (χ1v) is 11.8. The number of carbonyl (C=O) groups is 1. The summed E-state index contributed by atoms with van der Waals surface area (Å²) in [7, 11) is -3.61. The minimum Gasteiger partial charge on any atom is -0.455 e. The van der Waals surface area contributed by atoms with Crippen molar-refractivity contribution in [1.82, 2.24) is 9.62 Å². The lowest BCUT2D eigenvalue weighted by Crippen LogP contribution is -2.38. The third kappa shape index (κ3) is 3.85. The van der Waals surface area contributed by atoms with Crippen LogP contribution in [0.4, 0.5) is 0 Å². The summed E-state index contributed by atoms with van der Waals surface area (Å²) in [5, 5.41) is 3.00. The molecule has 6 nitrogen and oxygen atoms in total. The molecule has 1 aromatic carbocycles. The highest BCUT2D eigenvalue weighted by atomic mass is 32.2. The Labute approximate surface area is 172 Å². The Balaban J connectivity index is 1.51. The molecule has 156 valence electrons. The summed E-state index contributed by atoms with van der Waals surface area (Å²) in [6, 6.07) is 11.7. The molecule has 2 aliphatic rings. The summed E-state index contributed by atoms with van der Waals surface area (Å²) >= 11 is 0. The molecule has 0 radical (unpaired) electrons. The van der Waals surface area contributed by atoms with Gasteiger partial charge in [-0.15, -0.1) is 0 Å². The lowest BCUT2D eigenvalue weighted by Gasteiger charge is -2.29. The second-order valence-corrected chi connectivity index (χ2v) is 10.1. The first-order chi connectivity index (χ1) is 13.9. The number of nitrogens with zero attached hydrogens (tertiary/aromatic N) is 1. The summed E-state index contributed by atoms with van der Waals surface area (Å²) < 4.78 is 32.7. The first kappa shape index (κ1) is 20.2. The zero-order chi connectivity index (χ0) is 20.5. The normalized spacial score (nSPS) is 19.5. The van der Waals surface area contributed by atoms with Crippen LogP contribution in [0.2, 0.25) is 0 Å². The van der Waals surface area contributed by atoms with Gasteiger partial charge in [-0.2, -0.15) is 4.31 Å². The van der Waals surface area contributed by atoms with Crippen LogP contribution in [0.25, 0.3) is 0 Å². The van der Waals surface area contributed by atoms with E-state index in [2.05, 4.69) is 17.4 Å². The molecule has 1 amide bonds. The molecule has 1 aromatic heterocycles. The summed E-state index contributed by atoms with van der Waals surface area (Å²) in [5.41, 5.74) is 1.17. The third-order valence-corrected chi connectivity index (χ3v) is 8.32. The van der Waals surface area contributed by atoms with Crippen LogP contribution >= 0.6 is 0 Å². The van der Waals surface area contributed by atoms with E-state index >= 15 is 0 Å². The van der Waals surface area contributed by atoms with Gasteiger partial charge in [-0.3, -0.25) is 4.79 Å². The number of hydrogen-bond donors (Lipinski definition) is 1. The van der Waals surface area contributed by atoms with Crippen molar-refractivity contribution < 1.29 is 17.6 Å². The number of aryl methyl sites for hydroxylation is 1. The highest BCUT2D eigenvalue weighted by molar-refractivity contribution is 7.89. The Morgan fingerprint density at radius 1 is 1.10 bits per heavy atom. The number of benzene rings is 1. The average Bonchev–Trinajstić information content (AvgIpc) is 3.48. The van der Waals surface area contributed by atoms with E-state index in [0.29, 0.717) is 19.6 Å². The molecule has 1 aliphatic heterocycles. The van der Waals surface area contributed by atoms with Crippen molar-refractivity contribution in [3.63, 3.8) is 0 Å². The summed E-state index contributed by atoms with van der Waals surface area (Å²) in [5.74, 6) is -0.0413. The van der Waals surface area contributed by atoms with Gasteiger partial charge in [-0.25, -0.2) is 8.42 Å². The number of furan rings is 1. The second kappa shape index (κ2) is 7.95. The van der Waals surface area contributed by atoms with Gasteiger partial charge in [0.15, 0.2) is 5.76 Å². The molecule has 1 saturated heterocycles. The molecule has 2 aromatic rings. The fourth-order valence-electron chi connectivity index (χ4n) is 4.65. The summed E-state index contributed by atoms with van der Waals surface area (Å²) in [6.45, 7) is 3.16. The lowest BCUT2D eigenvalue weighted by molar-refractivity contribution is 0.0914. The first-order valence-electron chi connectivity index (χ1n) is 10.4. The van der Waals surface area contributed by atoms with Crippen LogP contribution in [0.15, 0.2) is 45.7 Å². The van der Waals surface area contributed by atoms with Gasteiger partial charge >= 0.3 is 0 Å². The Bertz CT molecular complexity index is 969. The van der Waals surface area contributed by atoms with Crippen molar-refractivity contribution in [2.75, 3.05) is 19.6 Å². The molecule has 2 heterocycles. The number of sulfonamides is 1. The standard InChI is InChI=1S/C22H28N2O4S/c1-17-20(29(26,27)24-13-7-8-14-24)15-19(28-17)21(25)23-16-22(11-5-6-12-22)18-9-3-2-4-10-18/h2-4,9-10,15H,5-8,11-14,16H2,1H3,(H,23,25). The molecule has 7 heteroatoms. The summed E-state index contributed by atoms with van der Waals surface area (Å²) in [6.07, 6.45) is 6.08. The van der Waals surface area contributed by atoms with Crippen molar-refractivity contribution >= 4 is 15.9 Å². The zero-order valence-corrected chi connectivity index (χ0v) is 17.6. The molecule has 0 unspecified atom stereocenters. The fraction of sp³-hybridized carbons (Fsp3) is 0.500. The number of nitrogens with one attached hydrogen (secondary N) is 1. The van der Waals surface area contributed by atoms with E-state index < -0.39 is 10.0 Å². The van der Waals surface area contributed by atoms with Crippen LogP contribution in [-0.2, 0) is 15.4 Å². The SMILES string of the molecule is Cc1oc(C(=O)NCC2(c3ccccc3)CCCC2)cc1S(=O)(=O)N1CCCC1. The van der Waals surface area contributed by atoms with Gasteiger partial charge in [0.05, 0.1) is 0 Å². The minimum absolute atomic E-state index is 0.0569. The van der Waals surface area contributed by atoms with Gasteiger partial charge in [0.25, 0.3) is 5.91 Å². The van der Waals surface area contributed by atoms with Gasteiger partial charge < -0.3 is 9.73 Å². The Morgan fingerprint density at radius 2 is 1.76 bits per heavy atom. The van der Waals surface area contributed by atoms with E-state index in [-0.39, 0.29) is 27.7 Å². The maximum atomic E-state index is 12.8. The van der Waals surface area contributed by atoms with Gasteiger partial charge in [0, 0.05) is 31.1 Å². The van der Waals surface area contributed by atoms with Gasteiger partial charge in [0.2, 0.25) is 10.0 Å². The Hall–Kier alpha value is -2.12. The van der Waals surface area contributed by atoms with E-state index in [1.54, 1.807) is 6.92 Å². The van der Waals surface area contributed by atoms with Gasteiger partial charge in [0.1, 0.15) is 10.7 Å². The van der Waals surface area contributed by atoms with E-state index in [1.165, 1.54) is 15.9 Å². The van der Waals surface area contributed by atoms with E-state index in [1.807, 2.05) is 18.2 Å². The smallest absolute Gasteiger partial charge is 0.287 e. The van der Waals surface area contributed by atoms with Crippen molar-refractivity contribution in [2.45, 2.75) is 55.8 Å². The maximum absolute atomic E-state index is 12.8. The molecular weight excluding hydrogens is 388 g/mol. The molecular formula is C22H28N2O4S. The quantitative estimate of drug-likeness (QED) is 0.780. The Morgan fingerprint density at radius 3 is 2.41 bits per heavy atom. The number of rotatable bonds is 6. The number of carbonyl (C=O) groups excluding carboxylic acids is 1. The predicted octanol–water partition coefficient (Wildman–Crippen LogP) is 3.61. The average molecular weight is 417 g/mol. The molecule has 29 heavy (non-hydrogen) atoms. The molecule has 1 saturated carbocycles. The van der Waals surface area contributed by atoms with Gasteiger partial charge in [-0.05, 0) is 38.2 Å². The largest absolute Gasteiger partial charge is 0.455 e. The maximum Gasteiger partial charge on any atom is 0.287 e. The highest BCUT2D eigenvalue weighted by Crippen LogP contribution is 2.40. The van der Waals surface area contributed by atoms with Gasteiger partial charge in [-0.1, -0.05) is 43.2 Å². The summed E-state index contributed by atoms with van der Waals surface area (Å²) in [4.78, 5) is 12.9. The van der Waals surface area contributed by atoms with Crippen molar-refractivity contribution in [1.29, 1.82) is 0 Å². The topological polar surface area (TPSA) is 79.6 Å². The van der Waals surface area contributed by atoms with Crippen molar-refractivity contribution in [2.24, 2.45) is 0 Å². The van der Waals surface area contributed by atoms with Crippen LogP contribution in [0.1, 0.15) is 60.4 Å². The predicted molar refractivity (Wildman–Crippen MR) is 110 cm³/mol. The molecule has 0 atom stereocenters. The molecule has 1 N–H and O–H groups in total. The molecule has 1 aliphatic carbocycles. The van der Waals surface area contributed by atoms with Crippen molar-refractivity contribution in [3.05, 3.63) is 53.5 Å². The van der Waals surface area contributed by atoms with Crippen LogP contribution in [-0.4, -0.2) is 38.3 Å². The molecule has 0 spiro atoms. The molecule has 2 fully saturated rings. The van der Waals surface area contributed by atoms with Crippen LogP contribution in [0, 0.1) is 6.92 Å². The number of hydrogen-bond acceptors (Lipinski definition) is 4. The second-order valence-electron chi connectivity index (χ2n) is 8.18. The Kier molecular flexibility index (Phi) is 5.53. The van der Waals surface area contributed by atoms with Crippen LogP contribution in [0.5, 0.6) is 0 Å². The monoisotopic (exact) mass is 416 g/mol. The minimum atomic E-state index is -3.61. The molecule has 4 rings (SSSR count). The zero-order valence-electron chi connectivity index (χ0n) is 16.8. The number of amides is 1. The lowest BCUT2D eigenvalue weighted by atomic mass is 9.79. The van der Waals surface area contributed by atoms with E-state index in [9.17, 15) is 13.2 Å². The van der Waals surface area contributed by atoms with Crippen LogP contribution in [0.3, 0.4) is 0 Å². The van der Waals surface area contributed by atoms with E-state index in [4.69, 9.17) is 4.42 Å².